The van der Waals surface area contributed by atoms with Gasteiger partial charge in [0, 0.05) is 31.0 Å². The summed E-state index contributed by atoms with van der Waals surface area (Å²) in [7, 11) is 0. The van der Waals surface area contributed by atoms with Crippen molar-refractivity contribution in [1.29, 1.82) is 0 Å². The number of aromatic nitrogens is 5. The first kappa shape index (κ1) is 19.4. The van der Waals surface area contributed by atoms with Crippen molar-refractivity contribution in [3.63, 3.8) is 0 Å². The maximum atomic E-state index is 14.6. The van der Waals surface area contributed by atoms with Crippen molar-refractivity contribution in [1.82, 2.24) is 24.1 Å². The third kappa shape index (κ3) is 3.81. The number of hydrogen-bond acceptors (Lipinski definition) is 4. The minimum atomic E-state index is -0.381. The van der Waals surface area contributed by atoms with Crippen molar-refractivity contribution in [2.45, 2.75) is 45.6 Å². The molecule has 0 bridgehead atoms. The molecule has 0 saturated heterocycles. The second-order valence-electron chi connectivity index (χ2n) is 7.98. The minimum absolute atomic E-state index is 0.133. The SMILES string of the molecule is Cc1cccn2cc(CC(=O)Nc3ccc(F)c(-c4nnc5n4CCCCC5)c3)nc12. The molecule has 0 spiro atoms. The maximum Gasteiger partial charge on any atom is 0.230 e. The zero-order valence-corrected chi connectivity index (χ0v) is 17.3. The number of imidazole rings is 1. The van der Waals surface area contributed by atoms with Crippen LogP contribution in [0.3, 0.4) is 0 Å². The average molecular weight is 418 g/mol. The summed E-state index contributed by atoms with van der Waals surface area (Å²) in [5.74, 6) is 0.816. The number of nitrogens with zero attached hydrogens (tertiary/aromatic N) is 5. The first-order valence-corrected chi connectivity index (χ1v) is 10.5. The van der Waals surface area contributed by atoms with Crippen LogP contribution in [0.2, 0.25) is 0 Å². The first-order chi connectivity index (χ1) is 15.1. The highest BCUT2D eigenvalue weighted by molar-refractivity contribution is 5.92. The molecule has 7 nitrogen and oxygen atoms in total. The highest BCUT2D eigenvalue weighted by Crippen LogP contribution is 2.27. The predicted molar refractivity (Wildman–Crippen MR) is 115 cm³/mol. The van der Waals surface area contributed by atoms with Gasteiger partial charge in [0.05, 0.1) is 17.7 Å². The standard InChI is InChI=1S/C23H23FN6O/c1-15-6-5-10-29-14-17(26-22(15)29)13-21(31)25-16-8-9-19(24)18(12-16)23-28-27-20-7-3-2-4-11-30(20)23/h5-6,8-10,12,14H,2-4,7,11,13H2,1H3,(H,25,31). The van der Waals surface area contributed by atoms with Crippen LogP contribution >= 0.6 is 0 Å². The van der Waals surface area contributed by atoms with Gasteiger partial charge in [0.2, 0.25) is 5.91 Å². The van der Waals surface area contributed by atoms with Gasteiger partial charge in [-0.15, -0.1) is 10.2 Å². The summed E-state index contributed by atoms with van der Waals surface area (Å²) in [5.41, 5.74) is 3.43. The Morgan fingerprint density at radius 1 is 1.19 bits per heavy atom. The van der Waals surface area contributed by atoms with Gasteiger partial charge in [-0.1, -0.05) is 12.5 Å². The van der Waals surface area contributed by atoms with E-state index in [4.69, 9.17) is 0 Å². The largest absolute Gasteiger partial charge is 0.326 e. The van der Waals surface area contributed by atoms with Gasteiger partial charge < -0.3 is 14.3 Å². The van der Waals surface area contributed by atoms with Crippen LogP contribution in [0.5, 0.6) is 0 Å². The number of aryl methyl sites for hydroxylation is 2. The van der Waals surface area contributed by atoms with Crippen LogP contribution in [-0.2, 0) is 24.2 Å². The number of amides is 1. The quantitative estimate of drug-likeness (QED) is 0.544. The molecule has 158 valence electrons. The molecule has 5 rings (SSSR count). The van der Waals surface area contributed by atoms with Crippen LogP contribution in [0.15, 0.2) is 42.7 Å². The lowest BCUT2D eigenvalue weighted by molar-refractivity contribution is -0.115. The Kier molecular flexibility index (Phi) is 4.97. The Bertz CT molecular complexity index is 1270. The normalized spacial score (nSPS) is 13.7. The van der Waals surface area contributed by atoms with Crippen LogP contribution in [0, 0.1) is 12.7 Å². The molecule has 1 aromatic carbocycles. The van der Waals surface area contributed by atoms with E-state index >= 15 is 0 Å². The van der Waals surface area contributed by atoms with E-state index in [1.807, 2.05) is 40.4 Å². The predicted octanol–water partition coefficient (Wildman–Crippen LogP) is 3.95. The Balaban J connectivity index is 1.37. The van der Waals surface area contributed by atoms with E-state index in [9.17, 15) is 9.18 Å². The fraction of sp³-hybridized carbons (Fsp3) is 0.304. The van der Waals surface area contributed by atoms with Gasteiger partial charge in [0.25, 0.3) is 0 Å². The number of benzene rings is 1. The van der Waals surface area contributed by atoms with E-state index in [0.29, 0.717) is 22.8 Å². The number of nitrogens with one attached hydrogen (secondary N) is 1. The van der Waals surface area contributed by atoms with Crippen molar-refractivity contribution < 1.29 is 9.18 Å². The summed E-state index contributed by atoms with van der Waals surface area (Å²) in [5, 5.41) is 11.4. The fourth-order valence-corrected chi connectivity index (χ4v) is 4.12. The molecule has 0 aliphatic carbocycles. The summed E-state index contributed by atoms with van der Waals surface area (Å²) >= 11 is 0. The molecule has 0 unspecified atom stereocenters. The van der Waals surface area contributed by atoms with Gasteiger partial charge in [-0.25, -0.2) is 9.37 Å². The maximum absolute atomic E-state index is 14.6. The van der Waals surface area contributed by atoms with Crippen LogP contribution in [0.25, 0.3) is 17.0 Å². The number of carbonyl (C=O) groups excluding carboxylic acids is 1. The van der Waals surface area contributed by atoms with Gasteiger partial charge >= 0.3 is 0 Å². The molecule has 1 amide bonds. The molecular weight excluding hydrogens is 395 g/mol. The number of pyridine rings is 1. The molecule has 1 aliphatic rings. The van der Waals surface area contributed by atoms with Crippen molar-refractivity contribution in [2.75, 3.05) is 5.32 Å². The zero-order chi connectivity index (χ0) is 21.4. The topological polar surface area (TPSA) is 77.1 Å². The number of fused-ring (bicyclic) bond motifs is 2. The lowest BCUT2D eigenvalue weighted by atomic mass is 10.1. The number of hydrogen-bond donors (Lipinski definition) is 1. The summed E-state index contributed by atoms with van der Waals surface area (Å²) in [6, 6.07) is 8.47. The summed E-state index contributed by atoms with van der Waals surface area (Å²) in [4.78, 5) is 17.2. The zero-order valence-electron chi connectivity index (χ0n) is 17.3. The number of anilines is 1. The molecule has 3 aromatic heterocycles. The summed E-state index contributed by atoms with van der Waals surface area (Å²) < 4.78 is 18.5. The van der Waals surface area contributed by atoms with Crippen molar-refractivity contribution in [2.24, 2.45) is 0 Å². The smallest absolute Gasteiger partial charge is 0.230 e. The van der Waals surface area contributed by atoms with Crippen LogP contribution in [0.4, 0.5) is 10.1 Å². The number of carbonyl (C=O) groups is 1. The van der Waals surface area contributed by atoms with Gasteiger partial charge in [0.15, 0.2) is 5.82 Å². The molecular formula is C23H23FN6O. The second-order valence-corrected chi connectivity index (χ2v) is 7.98. The average Bonchev–Trinajstić information content (AvgIpc) is 3.26. The lowest BCUT2D eigenvalue weighted by Crippen LogP contribution is -2.15. The third-order valence-electron chi connectivity index (χ3n) is 5.67. The highest BCUT2D eigenvalue weighted by Gasteiger charge is 2.19. The molecule has 0 radical (unpaired) electrons. The third-order valence-corrected chi connectivity index (χ3v) is 5.67. The van der Waals surface area contributed by atoms with Crippen LogP contribution in [0.1, 0.15) is 36.3 Å². The highest BCUT2D eigenvalue weighted by atomic mass is 19.1. The molecule has 8 heteroatoms. The summed E-state index contributed by atoms with van der Waals surface area (Å²) in [6.45, 7) is 2.76. The summed E-state index contributed by atoms with van der Waals surface area (Å²) in [6.07, 6.45) is 7.96. The molecule has 1 N–H and O–H groups in total. The first-order valence-electron chi connectivity index (χ1n) is 10.5. The number of rotatable bonds is 4. The van der Waals surface area contributed by atoms with Crippen molar-refractivity contribution >= 4 is 17.2 Å². The Hall–Kier alpha value is -3.55. The van der Waals surface area contributed by atoms with E-state index in [2.05, 4.69) is 20.5 Å². The van der Waals surface area contributed by atoms with Gasteiger partial charge in [-0.05, 0) is 49.6 Å². The number of halogens is 1. The molecule has 4 heterocycles. The Morgan fingerprint density at radius 2 is 2.10 bits per heavy atom. The van der Waals surface area contributed by atoms with Crippen molar-refractivity contribution in [3.8, 4) is 11.4 Å². The van der Waals surface area contributed by atoms with Gasteiger partial charge in [-0.3, -0.25) is 4.79 Å². The van der Waals surface area contributed by atoms with Crippen LogP contribution < -0.4 is 5.32 Å². The molecule has 0 saturated carbocycles. The Morgan fingerprint density at radius 3 is 2.97 bits per heavy atom. The van der Waals surface area contributed by atoms with Gasteiger partial charge in [0.1, 0.15) is 17.3 Å². The van der Waals surface area contributed by atoms with Crippen LogP contribution in [-0.4, -0.2) is 30.1 Å². The molecule has 4 aromatic rings. The fourth-order valence-electron chi connectivity index (χ4n) is 4.12. The monoisotopic (exact) mass is 418 g/mol. The second kappa shape index (κ2) is 7.94. The van der Waals surface area contributed by atoms with E-state index in [1.54, 1.807) is 12.1 Å². The molecule has 0 fully saturated rings. The molecule has 0 atom stereocenters. The van der Waals surface area contributed by atoms with E-state index in [-0.39, 0.29) is 18.1 Å². The Labute approximate surface area is 179 Å². The van der Waals surface area contributed by atoms with Gasteiger partial charge in [-0.2, -0.15) is 0 Å². The molecule has 31 heavy (non-hydrogen) atoms. The van der Waals surface area contributed by atoms with E-state index < -0.39 is 0 Å². The van der Waals surface area contributed by atoms with Crippen molar-refractivity contribution in [3.05, 3.63) is 65.6 Å². The van der Waals surface area contributed by atoms with E-state index in [0.717, 1.165) is 49.3 Å². The van der Waals surface area contributed by atoms with E-state index in [1.165, 1.54) is 6.07 Å². The lowest BCUT2D eigenvalue weighted by Gasteiger charge is -2.10. The molecule has 1 aliphatic heterocycles. The minimum Gasteiger partial charge on any atom is -0.326 e.